The fraction of sp³-hybridized carbons (Fsp3) is 0.417. The van der Waals surface area contributed by atoms with Crippen molar-refractivity contribution >= 4 is 11.6 Å². The summed E-state index contributed by atoms with van der Waals surface area (Å²) in [5, 5.41) is 2.80. The number of carbonyl (C=O) groups is 1. The smallest absolute Gasteiger partial charge is 0.251 e. The third kappa shape index (κ3) is 3.17. The summed E-state index contributed by atoms with van der Waals surface area (Å²) in [7, 11) is 0. The minimum atomic E-state index is -0.505. The maximum Gasteiger partial charge on any atom is 0.251 e. The fourth-order valence-electron chi connectivity index (χ4n) is 1.87. The number of nitrogens with one attached hydrogen (secondary N) is 1. The molecule has 1 heterocycles. The number of halogens is 1. The van der Waals surface area contributed by atoms with Crippen LogP contribution in [-0.4, -0.2) is 25.2 Å². The number of nitrogens with two attached hydrogens (primary N) is 1. The van der Waals surface area contributed by atoms with E-state index in [1.54, 1.807) is 0 Å². The van der Waals surface area contributed by atoms with E-state index in [0.717, 1.165) is 19.4 Å². The van der Waals surface area contributed by atoms with Crippen molar-refractivity contribution in [1.82, 2.24) is 5.32 Å². The molecule has 1 unspecified atom stereocenters. The molecule has 92 valence electrons. The van der Waals surface area contributed by atoms with E-state index in [-0.39, 0.29) is 23.2 Å². The molecule has 1 atom stereocenters. The van der Waals surface area contributed by atoms with Gasteiger partial charge in [-0.05, 0) is 31.0 Å². The lowest BCUT2D eigenvalue weighted by Gasteiger charge is -2.23. The van der Waals surface area contributed by atoms with Crippen LogP contribution >= 0.6 is 0 Å². The van der Waals surface area contributed by atoms with Crippen molar-refractivity contribution in [3.8, 4) is 0 Å². The summed E-state index contributed by atoms with van der Waals surface area (Å²) in [4.78, 5) is 11.8. The lowest BCUT2D eigenvalue weighted by molar-refractivity contribution is 0.0624. The third-order valence-corrected chi connectivity index (χ3v) is 2.68. The van der Waals surface area contributed by atoms with Gasteiger partial charge >= 0.3 is 0 Å². The average molecular weight is 238 g/mol. The molecule has 1 amide bonds. The van der Waals surface area contributed by atoms with Crippen LogP contribution in [0.25, 0.3) is 0 Å². The molecule has 0 saturated carbocycles. The molecule has 5 heteroatoms. The first-order valence-corrected chi connectivity index (χ1v) is 5.60. The number of hydrogen-bond acceptors (Lipinski definition) is 3. The predicted molar refractivity (Wildman–Crippen MR) is 62.1 cm³/mol. The summed E-state index contributed by atoms with van der Waals surface area (Å²) in [6.45, 7) is 1.25. The van der Waals surface area contributed by atoms with Gasteiger partial charge in [0.15, 0.2) is 0 Å². The fourth-order valence-corrected chi connectivity index (χ4v) is 1.87. The summed E-state index contributed by atoms with van der Waals surface area (Å²) in [5.74, 6) is -0.818. The van der Waals surface area contributed by atoms with Crippen LogP contribution < -0.4 is 11.1 Å². The van der Waals surface area contributed by atoms with Crippen molar-refractivity contribution in [3.05, 3.63) is 29.6 Å². The SMILES string of the molecule is Nc1cc(F)cc(C(=O)NC2CCCOC2)c1. The van der Waals surface area contributed by atoms with Crippen molar-refractivity contribution in [1.29, 1.82) is 0 Å². The van der Waals surface area contributed by atoms with Crippen molar-refractivity contribution < 1.29 is 13.9 Å². The molecule has 1 aromatic rings. The highest BCUT2D eigenvalue weighted by molar-refractivity contribution is 5.95. The number of hydrogen-bond donors (Lipinski definition) is 2. The number of nitrogen functional groups attached to an aromatic ring is 1. The molecular formula is C12H15FN2O2. The van der Waals surface area contributed by atoms with Crippen molar-refractivity contribution in [3.63, 3.8) is 0 Å². The highest BCUT2D eigenvalue weighted by atomic mass is 19.1. The number of benzene rings is 1. The van der Waals surface area contributed by atoms with Gasteiger partial charge in [0, 0.05) is 17.9 Å². The molecule has 1 fully saturated rings. The Kier molecular flexibility index (Phi) is 3.58. The van der Waals surface area contributed by atoms with Crippen molar-refractivity contribution in [2.24, 2.45) is 0 Å². The molecule has 1 aliphatic heterocycles. The number of ether oxygens (including phenoxy) is 1. The zero-order valence-electron chi connectivity index (χ0n) is 9.41. The molecule has 1 aromatic carbocycles. The van der Waals surface area contributed by atoms with Gasteiger partial charge in [-0.2, -0.15) is 0 Å². The minimum absolute atomic E-state index is 0.000687. The van der Waals surface area contributed by atoms with Gasteiger partial charge in [0.2, 0.25) is 0 Å². The second-order valence-electron chi connectivity index (χ2n) is 4.16. The number of carbonyl (C=O) groups excluding carboxylic acids is 1. The molecule has 3 N–H and O–H groups in total. The van der Waals surface area contributed by atoms with Crippen LogP contribution in [0.5, 0.6) is 0 Å². The summed E-state index contributed by atoms with van der Waals surface area (Å²) >= 11 is 0. The van der Waals surface area contributed by atoms with Gasteiger partial charge in [-0.25, -0.2) is 4.39 Å². The zero-order valence-corrected chi connectivity index (χ0v) is 9.41. The van der Waals surface area contributed by atoms with Crippen molar-refractivity contribution in [2.45, 2.75) is 18.9 Å². The Bertz CT molecular complexity index is 397. The molecule has 1 saturated heterocycles. The molecule has 0 aromatic heterocycles. The van der Waals surface area contributed by atoms with Crippen LogP contribution in [0.3, 0.4) is 0 Å². The van der Waals surface area contributed by atoms with E-state index in [9.17, 15) is 9.18 Å². The van der Waals surface area contributed by atoms with Crippen LogP contribution in [0, 0.1) is 5.82 Å². The lowest BCUT2D eigenvalue weighted by Crippen LogP contribution is -2.40. The topological polar surface area (TPSA) is 64.4 Å². The standard InChI is InChI=1S/C12H15FN2O2/c13-9-4-8(5-10(14)6-9)12(16)15-11-2-1-3-17-7-11/h4-6,11H,1-3,7,14H2,(H,15,16). The Morgan fingerprint density at radius 2 is 2.29 bits per heavy atom. The molecule has 2 rings (SSSR count). The zero-order chi connectivity index (χ0) is 12.3. The highest BCUT2D eigenvalue weighted by Crippen LogP contribution is 2.12. The van der Waals surface area contributed by atoms with Gasteiger partial charge in [0.1, 0.15) is 5.82 Å². The normalized spacial score (nSPS) is 19.9. The Balaban J connectivity index is 2.03. The Hall–Kier alpha value is -1.62. The van der Waals surface area contributed by atoms with Crippen LogP contribution in [0.2, 0.25) is 0 Å². The number of anilines is 1. The number of rotatable bonds is 2. The van der Waals surface area contributed by atoms with Gasteiger partial charge in [-0.15, -0.1) is 0 Å². The Labute approximate surface area is 98.9 Å². The van der Waals surface area contributed by atoms with Crippen LogP contribution in [-0.2, 0) is 4.74 Å². The largest absolute Gasteiger partial charge is 0.399 e. The van der Waals surface area contributed by atoms with Crippen LogP contribution in [0.15, 0.2) is 18.2 Å². The Morgan fingerprint density at radius 3 is 2.94 bits per heavy atom. The molecule has 0 aliphatic carbocycles. The van der Waals surface area contributed by atoms with E-state index in [1.165, 1.54) is 18.2 Å². The van der Waals surface area contributed by atoms with E-state index in [0.29, 0.717) is 6.61 Å². The monoisotopic (exact) mass is 238 g/mol. The quantitative estimate of drug-likeness (QED) is 0.764. The molecule has 0 radical (unpaired) electrons. The maximum atomic E-state index is 13.1. The molecule has 1 aliphatic rings. The Morgan fingerprint density at radius 1 is 1.47 bits per heavy atom. The van der Waals surface area contributed by atoms with E-state index in [2.05, 4.69) is 5.32 Å². The molecule has 0 bridgehead atoms. The van der Waals surface area contributed by atoms with Gasteiger partial charge in [-0.3, -0.25) is 4.79 Å². The van der Waals surface area contributed by atoms with E-state index < -0.39 is 5.82 Å². The molecular weight excluding hydrogens is 223 g/mol. The first-order chi connectivity index (χ1) is 8.15. The number of amides is 1. The second-order valence-corrected chi connectivity index (χ2v) is 4.16. The summed E-state index contributed by atoms with van der Waals surface area (Å²) < 4.78 is 18.3. The molecule has 17 heavy (non-hydrogen) atoms. The molecule has 4 nitrogen and oxygen atoms in total. The second kappa shape index (κ2) is 5.14. The van der Waals surface area contributed by atoms with Gasteiger partial charge in [0.05, 0.1) is 12.6 Å². The minimum Gasteiger partial charge on any atom is -0.399 e. The lowest BCUT2D eigenvalue weighted by atomic mass is 10.1. The summed E-state index contributed by atoms with van der Waals surface area (Å²) in [6.07, 6.45) is 1.81. The highest BCUT2D eigenvalue weighted by Gasteiger charge is 2.17. The van der Waals surface area contributed by atoms with Crippen LogP contribution in [0.4, 0.5) is 10.1 Å². The van der Waals surface area contributed by atoms with Gasteiger partial charge in [-0.1, -0.05) is 0 Å². The predicted octanol–water partition coefficient (Wildman–Crippen LogP) is 1.32. The summed E-state index contributed by atoms with van der Waals surface area (Å²) in [5.41, 5.74) is 5.97. The molecule has 0 spiro atoms. The average Bonchev–Trinajstić information content (AvgIpc) is 2.29. The van der Waals surface area contributed by atoms with Gasteiger partial charge < -0.3 is 15.8 Å². The van der Waals surface area contributed by atoms with E-state index in [1.807, 2.05) is 0 Å². The first-order valence-electron chi connectivity index (χ1n) is 5.60. The summed E-state index contributed by atoms with van der Waals surface area (Å²) in [6, 6.07) is 3.82. The van der Waals surface area contributed by atoms with Crippen LogP contribution in [0.1, 0.15) is 23.2 Å². The van der Waals surface area contributed by atoms with Gasteiger partial charge in [0.25, 0.3) is 5.91 Å². The van der Waals surface area contributed by atoms with Crippen molar-refractivity contribution in [2.75, 3.05) is 18.9 Å². The third-order valence-electron chi connectivity index (χ3n) is 2.68. The van der Waals surface area contributed by atoms with E-state index in [4.69, 9.17) is 10.5 Å². The first kappa shape index (κ1) is 11.9. The maximum absolute atomic E-state index is 13.1. The van der Waals surface area contributed by atoms with E-state index >= 15 is 0 Å².